The van der Waals surface area contributed by atoms with Crippen LogP contribution in [0, 0.1) is 5.41 Å². The van der Waals surface area contributed by atoms with E-state index in [2.05, 4.69) is 16.4 Å². The highest BCUT2D eigenvalue weighted by molar-refractivity contribution is 6.30. The molecule has 4 heteroatoms. The molecule has 0 bridgehead atoms. The SMILES string of the molecule is Clc1ccc(Oc2cncc(C3CCC4(CCCNC4)C3)c2)cc1. The fraction of sp³-hybridized carbons (Fsp3) is 0.450. The Morgan fingerprint density at radius 1 is 1.12 bits per heavy atom. The van der Waals surface area contributed by atoms with Crippen LogP contribution in [0.1, 0.15) is 43.6 Å². The number of ether oxygens (including phenoxy) is 1. The molecule has 0 radical (unpaired) electrons. The maximum absolute atomic E-state index is 5.94. The maximum atomic E-state index is 5.94. The summed E-state index contributed by atoms with van der Waals surface area (Å²) in [7, 11) is 0. The number of nitrogens with zero attached hydrogens (tertiary/aromatic N) is 1. The molecule has 2 aliphatic rings. The fourth-order valence-corrected chi connectivity index (χ4v) is 4.39. The Bertz CT molecular complexity index is 695. The van der Waals surface area contributed by atoms with Crippen molar-refractivity contribution < 1.29 is 4.74 Å². The highest BCUT2D eigenvalue weighted by Gasteiger charge is 2.40. The lowest BCUT2D eigenvalue weighted by atomic mass is 9.78. The van der Waals surface area contributed by atoms with Gasteiger partial charge in [-0.1, -0.05) is 11.6 Å². The minimum absolute atomic E-state index is 0.510. The molecule has 3 nitrogen and oxygen atoms in total. The summed E-state index contributed by atoms with van der Waals surface area (Å²) in [5.41, 5.74) is 1.82. The Morgan fingerprint density at radius 3 is 2.79 bits per heavy atom. The van der Waals surface area contributed by atoms with Gasteiger partial charge in [-0.3, -0.25) is 4.98 Å². The standard InChI is InChI=1S/C20H23ClN2O/c21-17-2-4-18(5-3-17)24-19-10-16(12-23-13-19)15-6-8-20(11-15)7-1-9-22-14-20/h2-5,10,12-13,15,22H,1,6-9,11,14H2. The van der Waals surface area contributed by atoms with E-state index < -0.39 is 0 Å². The molecule has 4 rings (SSSR count). The van der Waals surface area contributed by atoms with Gasteiger partial charge in [-0.25, -0.2) is 0 Å². The van der Waals surface area contributed by atoms with Gasteiger partial charge in [0, 0.05) is 17.8 Å². The molecule has 24 heavy (non-hydrogen) atoms. The number of rotatable bonds is 3. The molecule has 1 N–H and O–H groups in total. The topological polar surface area (TPSA) is 34.1 Å². The maximum Gasteiger partial charge on any atom is 0.145 e. The van der Waals surface area contributed by atoms with Gasteiger partial charge >= 0.3 is 0 Å². The van der Waals surface area contributed by atoms with Crippen molar-refractivity contribution in [3.05, 3.63) is 53.3 Å². The Balaban J connectivity index is 1.47. The van der Waals surface area contributed by atoms with Crippen LogP contribution >= 0.6 is 11.6 Å². The van der Waals surface area contributed by atoms with Crippen LogP contribution in [-0.4, -0.2) is 18.1 Å². The quantitative estimate of drug-likeness (QED) is 0.836. The van der Waals surface area contributed by atoms with Crippen molar-refractivity contribution in [1.29, 1.82) is 0 Å². The number of benzene rings is 1. The van der Waals surface area contributed by atoms with Gasteiger partial charge in [0.05, 0.1) is 6.20 Å². The molecule has 126 valence electrons. The predicted molar refractivity (Wildman–Crippen MR) is 96.9 cm³/mol. The number of halogens is 1. The van der Waals surface area contributed by atoms with Crippen molar-refractivity contribution in [3.63, 3.8) is 0 Å². The molecule has 1 aliphatic carbocycles. The summed E-state index contributed by atoms with van der Waals surface area (Å²) in [6.45, 7) is 2.36. The summed E-state index contributed by atoms with van der Waals surface area (Å²) >= 11 is 5.92. The van der Waals surface area contributed by atoms with Gasteiger partial charge in [-0.15, -0.1) is 0 Å². The van der Waals surface area contributed by atoms with Crippen LogP contribution < -0.4 is 10.1 Å². The van der Waals surface area contributed by atoms with Gasteiger partial charge in [0.15, 0.2) is 0 Å². The fourth-order valence-electron chi connectivity index (χ4n) is 4.26. The van der Waals surface area contributed by atoms with Crippen molar-refractivity contribution in [2.45, 2.75) is 38.0 Å². The van der Waals surface area contributed by atoms with Crippen LogP contribution in [0.3, 0.4) is 0 Å². The average molecular weight is 343 g/mol. The summed E-state index contributed by atoms with van der Waals surface area (Å²) in [4.78, 5) is 4.41. The lowest BCUT2D eigenvalue weighted by molar-refractivity contribution is 0.214. The molecule has 1 spiro atoms. The molecular formula is C20H23ClN2O. The number of aromatic nitrogens is 1. The van der Waals surface area contributed by atoms with Crippen molar-refractivity contribution in [2.24, 2.45) is 5.41 Å². The van der Waals surface area contributed by atoms with Gasteiger partial charge in [0.2, 0.25) is 0 Å². The number of piperidine rings is 1. The third-order valence-electron chi connectivity index (χ3n) is 5.52. The van der Waals surface area contributed by atoms with E-state index >= 15 is 0 Å². The number of nitrogens with one attached hydrogen (secondary N) is 1. The zero-order valence-corrected chi connectivity index (χ0v) is 14.6. The second-order valence-electron chi connectivity index (χ2n) is 7.23. The number of pyridine rings is 1. The van der Waals surface area contributed by atoms with Crippen LogP contribution in [0.5, 0.6) is 11.5 Å². The van der Waals surface area contributed by atoms with E-state index in [0.717, 1.165) is 11.5 Å². The van der Waals surface area contributed by atoms with E-state index in [0.29, 0.717) is 16.4 Å². The molecule has 0 amide bonds. The molecular weight excluding hydrogens is 320 g/mol. The van der Waals surface area contributed by atoms with Crippen molar-refractivity contribution in [3.8, 4) is 11.5 Å². The molecule has 1 aromatic carbocycles. The molecule has 2 fully saturated rings. The predicted octanol–water partition coefficient (Wildman–Crippen LogP) is 5.16. The second kappa shape index (κ2) is 6.73. The third kappa shape index (κ3) is 3.42. The highest BCUT2D eigenvalue weighted by Crippen LogP contribution is 2.50. The lowest BCUT2D eigenvalue weighted by Gasteiger charge is -2.34. The summed E-state index contributed by atoms with van der Waals surface area (Å²) in [6.07, 6.45) is 10.3. The smallest absolute Gasteiger partial charge is 0.145 e. The Labute approximate surface area is 148 Å². The van der Waals surface area contributed by atoms with E-state index in [1.165, 1.54) is 50.8 Å². The molecule has 1 aliphatic heterocycles. The first-order valence-electron chi connectivity index (χ1n) is 8.82. The van der Waals surface area contributed by atoms with E-state index in [9.17, 15) is 0 Å². The summed E-state index contributed by atoms with van der Waals surface area (Å²) < 4.78 is 5.94. The first kappa shape index (κ1) is 15.9. The van der Waals surface area contributed by atoms with E-state index in [4.69, 9.17) is 16.3 Å². The normalized spacial score (nSPS) is 26.6. The number of hydrogen-bond acceptors (Lipinski definition) is 3. The van der Waals surface area contributed by atoms with Gasteiger partial charge in [-0.05, 0) is 85.9 Å². The first-order chi connectivity index (χ1) is 11.7. The average Bonchev–Trinajstić information content (AvgIpc) is 3.01. The van der Waals surface area contributed by atoms with Crippen LogP contribution in [0.2, 0.25) is 5.02 Å². The van der Waals surface area contributed by atoms with Crippen LogP contribution in [-0.2, 0) is 0 Å². The van der Waals surface area contributed by atoms with Gasteiger partial charge in [0.1, 0.15) is 11.5 Å². The molecule has 2 aromatic rings. The Kier molecular flexibility index (Phi) is 4.47. The van der Waals surface area contributed by atoms with E-state index in [-0.39, 0.29) is 0 Å². The monoisotopic (exact) mass is 342 g/mol. The molecule has 1 saturated carbocycles. The largest absolute Gasteiger partial charge is 0.456 e. The number of hydrogen-bond donors (Lipinski definition) is 1. The van der Waals surface area contributed by atoms with Crippen molar-refractivity contribution in [1.82, 2.24) is 10.3 Å². The minimum atomic E-state index is 0.510. The van der Waals surface area contributed by atoms with Gasteiger partial charge < -0.3 is 10.1 Å². The van der Waals surface area contributed by atoms with Crippen LogP contribution in [0.15, 0.2) is 42.7 Å². The Hall–Kier alpha value is -1.58. The Morgan fingerprint density at radius 2 is 2.00 bits per heavy atom. The molecule has 1 saturated heterocycles. The van der Waals surface area contributed by atoms with Crippen molar-refractivity contribution in [2.75, 3.05) is 13.1 Å². The summed E-state index contributed by atoms with van der Waals surface area (Å²) in [5, 5.41) is 4.30. The first-order valence-corrected chi connectivity index (χ1v) is 9.19. The molecule has 2 heterocycles. The van der Waals surface area contributed by atoms with E-state index in [1.54, 1.807) is 6.20 Å². The minimum Gasteiger partial charge on any atom is -0.456 e. The lowest BCUT2D eigenvalue weighted by Crippen LogP contribution is -2.38. The third-order valence-corrected chi connectivity index (χ3v) is 5.77. The van der Waals surface area contributed by atoms with Crippen LogP contribution in [0.25, 0.3) is 0 Å². The second-order valence-corrected chi connectivity index (χ2v) is 7.67. The molecule has 2 unspecified atom stereocenters. The van der Waals surface area contributed by atoms with Gasteiger partial charge in [0.25, 0.3) is 0 Å². The molecule has 2 atom stereocenters. The van der Waals surface area contributed by atoms with E-state index in [1.807, 2.05) is 30.5 Å². The zero-order chi connectivity index (χ0) is 16.4. The highest BCUT2D eigenvalue weighted by atomic mass is 35.5. The zero-order valence-electron chi connectivity index (χ0n) is 13.8. The summed E-state index contributed by atoms with van der Waals surface area (Å²) in [6, 6.07) is 9.60. The van der Waals surface area contributed by atoms with Crippen LogP contribution in [0.4, 0.5) is 0 Å². The van der Waals surface area contributed by atoms with Gasteiger partial charge in [-0.2, -0.15) is 0 Å². The molecule has 1 aromatic heterocycles. The summed E-state index contributed by atoms with van der Waals surface area (Å²) in [5.74, 6) is 2.20. The van der Waals surface area contributed by atoms with Crippen molar-refractivity contribution >= 4 is 11.6 Å².